The highest BCUT2D eigenvalue weighted by atomic mass is 35.5. The molecule has 2 atom stereocenters. The Hall–Kier alpha value is -2.54. The van der Waals surface area contributed by atoms with Crippen LogP contribution < -0.4 is 5.43 Å². The number of halogens is 1. The van der Waals surface area contributed by atoms with Crippen LogP contribution in [0.3, 0.4) is 0 Å². The van der Waals surface area contributed by atoms with Crippen molar-refractivity contribution in [3.8, 4) is 22.8 Å². The predicted molar refractivity (Wildman–Crippen MR) is 107 cm³/mol. The highest BCUT2D eigenvalue weighted by molar-refractivity contribution is 6.33. The van der Waals surface area contributed by atoms with Gasteiger partial charge in [-0.2, -0.15) is 0 Å². The summed E-state index contributed by atoms with van der Waals surface area (Å²) in [6.45, 7) is 0.629. The fraction of sp³-hybridized carbons (Fsp3) is 0.286. The summed E-state index contributed by atoms with van der Waals surface area (Å²) in [6.07, 6.45) is 0.676. The lowest BCUT2D eigenvalue weighted by molar-refractivity contribution is 0.172. The normalized spacial score (nSPS) is 20.1. The Morgan fingerprint density at radius 2 is 1.96 bits per heavy atom. The Balaban J connectivity index is 2.03. The van der Waals surface area contributed by atoms with Crippen LogP contribution in [0.15, 0.2) is 45.6 Å². The number of likely N-dealkylation sites (N-methyl/N-ethyl adjacent to an activating group) is 1. The van der Waals surface area contributed by atoms with Crippen molar-refractivity contribution in [2.45, 2.75) is 18.4 Å². The molecule has 1 fully saturated rings. The maximum absolute atomic E-state index is 12.8. The molecule has 0 amide bonds. The number of phenolic OH excluding ortho intramolecular Hbond substituents is 2. The number of nitrogens with zero attached hydrogens (tertiary/aromatic N) is 1. The fourth-order valence-electron chi connectivity index (χ4n) is 4.09. The predicted octanol–water partition coefficient (Wildman–Crippen LogP) is 3.30. The summed E-state index contributed by atoms with van der Waals surface area (Å²) in [5.41, 5.74) is 0.655. The SMILES string of the molecule is CN1CCC(c2c(O)cc(O)c3c(=O)cc(-c4ccccc4Cl)oc23)C1CO. The molecule has 0 radical (unpaired) electrons. The molecular weight excluding hydrogens is 382 g/mol. The summed E-state index contributed by atoms with van der Waals surface area (Å²) < 4.78 is 6.04. The third-order valence-electron chi connectivity index (χ3n) is 5.52. The summed E-state index contributed by atoms with van der Waals surface area (Å²) in [5.74, 6) is -0.505. The quantitative estimate of drug-likeness (QED) is 0.623. The zero-order valence-corrected chi connectivity index (χ0v) is 16.0. The molecule has 7 heteroatoms. The van der Waals surface area contributed by atoms with Crippen LogP contribution in [-0.2, 0) is 0 Å². The van der Waals surface area contributed by atoms with Gasteiger partial charge in [0.2, 0.25) is 0 Å². The molecule has 0 aliphatic carbocycles. The van der Waals surface area contributed by atoms with Crippen molar-refractivity contribution in [3.63, 3.8) is 0 Å². The van der Waals surface area contributed by atoms with Crippen LogP contribution in [0, 0.1) is 0 Å². The summed E-state index contributed by atoms with van der Waals surface area (Å²) in [7, 11) is 1.89. The molecule has 2 aromatic carbocycles. The van der Waals surface area contributed by atoms with Crippen molar-refractivity contribution < 1.29 is 19.7 Å². The lowest BCUT2D eigenvalue weighted by atomic mass is 9.89. The zero-order chi connectivity index (χ0) is 20.0. The van der Waals surface area contributed by atoms with E-state index in [4.69, 9.17) is 16.0 Å². The van der Waals surface area contributed by atoms with Crippen molar-refractivity contribution in [2.75, 3.05) is 20.2 Å². The number of hydrogen-bond acceptors (Lipinski definition) is 6. The Bertz CT molecular complexity index is 1110. The minimum absolute atomic E-state index is 0.00912. The second-order valence-electron chi connectivity index (χ2n) is 7.11. The highest BCUT2D eigenvalue weighted by Crippen LogP contribution is 2.44. The molecule has 2 heterocycles. The molecule has 1 aromatic heterocycles. The average molecular weight is 402 g/mol. The molecule has 28 heavy (non-hydrogen) atoms. The number of likely N-dealkylation sites (tertiary alicyclic amines) is 1. The van der Waals surface area contributed by atoms with Gasteiger partial charge in [0.15, 0.2) is 5.43 Å². The minimum atomic E-state index is -0.429. The van der Waals surface area contributed by atoms with E-state index in [1.807, 2.05) is 11.9 Å². The van der Waals surface area contributed by atoms with E-state index in [-0.39, 0.29) is 46.8 Å². The second-order valence-corrected chi connectivity index (χ2v) is 7.52. The maximum atomic E-state index is 12.8. The second kappa shape index (κ2) is 7.13. The van der Waals surface area contributed by atoms with E-state index in [1.54, 1.807) is 24.3 Å². The monoisotopic (exact) mass is 401 g/mol. The van der Waals surface area contributed by atoms with Gasteiger partial charge >= 0.3 is 0 Å². The number of hydrogen-bond donors (Lipinski definition) is 3. The van der Waals surface area contributed by atoms with Gasteiger partial charge in [0.1, 0.15) is 28.2 Å². The number of benzene rings is 2. The Kier molecular flexibility index (Phi) is 4.79. The van der Waals surface area contributed by atoms with Gasteiger partial charge in [-0.1, -0.05) is 23.7 Å². The number of phenols is 2. The smallest absolute Gasteiger partial charge is 0.197 e. The van der Waals surface area contributed by atoms with Crippen molar-refractivity contribution in [2.24, 2.45) is 0 Å². The largest absolute Gasteiger partial charge is 0.507 e. The van der Waals surface area contributed by atoms with Crippen molar-refractivity contribution in [3.05, 3.63) is 57.2 Å². The van der Waals surface area contributed by atoms with Gasteiger partial charge in [0.05, 0.1) is 11.6 Å². The van der Waals surface area contributed by atoms with Crippen LogP contribution in [0.2, 0.25) is 5.02 Å². The van der Waals surface area contributed by atoms with E-state index >= 15 is 0 Å². The Morgan fingerprint density at radius 1 is 1.21 bits per heavy atom. The van der Waals surface area contributed by atoms with E-state index in [9.17, 15) is 20.1 Å². The molecule has 3 aromatic rings. The summed E-state index contributed by atoms with van der Waals surface area (Å²) in [6, 6.07) is 9.19. The highest BCUT2D eigenvalue weighted by Gasteiger charge is 2.36. The minimum Gasteiger partial charge on any atom is -0.507 e. The molecule has 0 saturated carbocycles. The number of rotatable bonds is 3. The molecule has 3 N–H and O–H groups in total. The lowest BCUT2D eigenvalue weighted by Gasteiger charge is -2.24. The van der Waals surface area contributed by atoms with Crippen LogP contribution >= 0.6 is 11.6 Å². The lowest BCUT2D eigenvalue weighted by Crippen LogP contribution is -2.32. The third-order valence-corrected chi connectivity index (χ3v) is 5.85. The van der Waals surface area contributed by atoms with Gasteiger partial charge in [-0.15, -0.1) is 0 Å². The zero-order valence-electron chi connectivity index (χ0n) is 15.2. The molecule has 0 bridgehead atoms. The molecule has 4 rings (SSSR count). The number of fused-ring (bicyclic) bond motifs is 1. The Labute approximate surface area is 166 Å². The van der Waals surface area contributed by atoms with Gasteiger partial charge in [-0.3, -0.25) is 4.79 Å². The van der Waals surface area contributed by atoms with E-state index in [1.165, 1.54) is 6.07 Å². The standard InChI is InChI=1S/C21H20ClNO5/c1-23-7-6-12(14(23)10-24)19-15(25)8-16(26)20-17(27)9-18(28-21(19)20)11-4-2-3-5-13(11)22/h2-5,8-9,12,14,24-26H,6-7,10H2,1H3. The van der Waals surface area contributed by atoms with E-state index in [2.05, 4.69) is 0 Å². The van der Waals surface area contributed by atoms with Crippen LogP contribution in [0.5, 0.6) is 11.5 Å². The molecule has 1 aliphatic rings. The number of aliphatic hydroxyl groups excluding tert-OH is 1. The third kappa shape index (κ3) is 2.94. The van der Waals surface area contributed by atoms with Crippen LogP contribution in [0.1, 0.15) is 17.9 Å². The van der Waals surface area contributed by atoms with E-state index in [0.717, 1.165) is 12.6 Å². The van der Waals surface area contributed by atoms with Gasteiger partial charge < -0.3 is 24.6 Å². The molecule has 1 saturated heterocycles. The van der Waals surface area contributed by atoms with Crippen LogP contribution in [0.4, 0.5) is 0 Å². The topological polar surface area (TPSA) is 94.1 Å². The fourth-order valence-corrected chi connectivity index (χ4v) is 4.31. The van der Waals surface area contributed by atoms with Crippen molar-refractivity contribution >= 4 is 22.6 Å². The number of aromatic hydroxyl groups is 2. The first-order chi connectivity index (χ1) is 13.4. The van der Waals surface area contributed by atoms with Crippen molar-refractivity contribution in [1.29, 1.82) is 0 Å². The average Bonchev–Trinajstić information content (AvgIpc) is 3.01. The molecule has 6 nitrogen and oxygen atoms in total. The van der Waals surface area contributed by atoms with Crippen molar-refractivity contribution in [1.82, 2.24) is 4.90 Å². The van der Waals surface area contributed by atoms with E-state index in [0.29, 0.717) is 22.6 Å². The van der Waals surface area contributed by atoms with Gasteiger partial charge in [-0.05, 0) is 32.1 Å². The van der Waals surface area contributed by atoms with E-state index < -0.39 is 5.43 Å². The van der Waals surface area contributed by atoms with Crippen LogP contribution in [-0.4, -0.2) is 46.5 Å². The first-order valence-corrected chi connectivity index (χ1v) is 9.38. The van der Waals surface area contributed by atoms with Gasteiger partial charge in [0.25, 0.3) is 0 Å². The summed E-state index contributed by atoms with van der Waals surface area (Å²) in [4.78, 5) is 14.8. The summed E-state index contributed by atoms with van der Waals surface area (Å²) in [5, 5.41) is 31.2. The molecule has 2 unspecified atom stereocenters. The first-order valence-electron chi connectivity index (χ1n) is 9.01. The Morgan fingerprint density at radius 3 is 2.68 bits per heavy atom. The maximum Gasteiger partial charge on any atom is 0.197 e. The molecule has 1 aliphatic heterocycles. The summed E-state index contributed by atoms with van der Waals surface area (Å²) >= 11 is 6.26. The first kappa shape index (κ1) is 18.8. The van der Waals surface area contributed by atoms with Gasteiger partial charge in [0, 0.05) is 35.2 Å². The molecule has 146 valence electrons. The molecular formula is C21H20ClNO5. The number of aliphatic hydroxyl groups is 1. The van der Waals surface area contributed by atoms with Gasteiger partial charge in [-0.25, -0.2) is 0 Å². The van der Waals surface area contributed by atoms with Crippen LogP contribution in [0.25, 0.3) is 22.3 Å². The molecule has 0 spiro atoms.